The van der Waals surface area contributed by atoms with Gasteiger partial charge in [0.25, 0.3) is 0 Å². The maximum absolute atomic E-state index is 6.08. The molecule has 2 rings (SSSR count). The van der Waals surface area contributed by atoms with E-state index in [4.69, 9.17) is 16.7 Å². The van der Waals surface area contributed by atoms with E-state index in [1.807, 2.05) is 4.68 Å². The first-order valence-corrected chi connectivity index (χ1v) is 7.09. The Bertz CT molecular complexity index is 591. The monoisotopic (exact) mass is 276 g/mol. The van der Waals surface area contributed by atoms with Gasteiger partial charge in [-0.05, 0) is 40.2 Å². The molecule has 0 unspecified atom stereocenters. The van der Waals surface area contributed by atoms with Crippen LogP contribution < -0.4 is 0 Å². The van der Waals surface area contributed by atoms with Gasteiger partial charge in [-0.2, -0.15) is 5.10 Å². The molecule has 0 N–H and O–H groups in total. The summed E-state index contributed by atoms with van der Waals surface area (Å²) in [7, 11) is 0. The van der Waals surface area contributed by atoms with Gasteiger partial charge >= 0.3 is 0 Å². The summed E-state index contributed by atoms with van der Waals surface area (Å²) in [4.78, 5) is 0. The Morgan fingerprint density at radius 1 is 1.21 bits per heavy atom. The minimum absolute atomic E-state index is 0.0301. The van der Waals surface area contributed by atoms with Crippen LogP contribution in [0.5, 0.6) is 0 Å². The molecule has 1 heterocycles. The fourth-order valence-electron chi connectivity index (χ4n) is 2.16. The molecular formula is C16H21ClN2. The molecule has 0 saturated heterocycles. The molecule has 1 aromatic heterocycles. The summed E-state index contributed by atoms with van der Waals surface area (Å²) in [6.07, 6.45) is 2.06. The lowest BCUT2D eigenvalue weighted by molar-refractivity contribution is 0.356. The van der Waals surface area contributed by atoms with Gasteiger partial charge in [0.15, 0.2) is 0 Å². The average Bonchev–Trinajstić information content (AvgIpc) is 2.72. The van der Waals surface area contributed by atoms with E-state index in [2.05, 4.69) is 59.0 Å². The van der Waals surface area contributed by atoms with Crippen molar-refractivity contribution >= 4 is 11.6 Å². The van der Waals surface area contributed by atoms with Crippen molar-refractivity contribution in [2.75, 3.05) is 0 Å². The quantitative estimate of drug-likeness (QED) is 0.730. The number of alkyl halides is 1. The van der Waals surface area contributed by atoms with Gasteiger partial charge in [0.1, 0.15) is 0 Å². The highest BCUT2D eigenvalue weighted by Gasteiger charge is 2.19. The summed E-state index contributed by atoms with van der Waals surface area (Å²) >= 11 is 6.08. The zero-order chi connectivity index (χ0) is 14.2. The van der Waals surface area contributed by atoms with E-state index in [9.17, 15) is 0 Å². The second kappa shape index (κ2) is 5.01. The van der Waals surface area contributed by atoms with Gasteiger partial charge in [-0.15, -0.1) is 11.6 Å². The van der Waals surface area contributed by atoms with Crippen LogP contribution in [-0.4, -0.2) is 9.78 Å². The molecule has 0 spiro atoms. The minimum Gasteiger partial charge on any atom is -0.267 e. The molecule has 3 heteroatoms. The highest BCUT2D eigenvalue weighted by Crippen LogP contribution is 2.29. The topological polar surface area (TPSA) is 17.8 Å². The van der Waals surface area contributed by atoms with Crippen molar-refractivity contribution in [3.05, 3.63) is 41.1 Å². The SMILES string of the molecule is Cc1ccc(-c2nn(C(C)(C)C)cc2CCl)c(C)c1. The van der Waals surface area contributed by atoms with Crippen molar-refractivity contribution in [1.82, 2.24) is 9.78 Å². The molecule has 102 valence electrons. The van der Waals surface area contributed by atoms with Gasteiger partial charge in [0.05, 0.1) is 17.1 Å². The van der Waals surface area contributed by atoms with Crippen molar-refractivity contribution in [2.24, 2.45) is 0 Å². The van der Waals surface area contributed by atoms with Crippen LogP contribution in [0.1, 0.15) is 37.5 Å². The Labute approximate surface area is 120 Å². The second-order valence-corrected chi connectivity index (χ2v) is 6.34. The van der Waals surface area contributed by atoms with Crippen LogP contribution in [0.4, 0.5) is 0 Å². The molecule has 0 aliphatic rings. The number of hydrogen-bond donors (Lipinski definition) is 0. The first-order valence-electron chi connectivity index (χ1n) is 6.55. The van der Waals surface area contributed by atoms with Crippen LogP contribution in [0, 0.1) is 13.8 Å². The minimum atomic E-state index is -0.0301. The summed E-state index contributed by atoms with van der Waals surface area (Å²) in [5, 5.41) is 4.75. The van der Waals surface area contributed by atoms with Gasteiger partial charge in [-0.25, -0.2) is 0 Å². The zero-order valence-corrected chi connectivity index (χ0v) is 13.0. The number of hydrogen-bond acceptors (Lipinski definition) is 1. The Morgan fingerprint density at radius 3 is 2.42 bits per heavy atom. The predicted octanol–water partition coefficient (Wildman–Crippen LogP) is 4.66. The predicted molar refractivity (Wildman–Crippen MR) is 81.7 cm³/mol. The summed E-state index contributed by atoms with van der Waals surface area (Å²) in [6.45, 7) is 10.7. The lowest BCUT2D eigenvalue weighted by Crippen LogP contribution is -2.22. The molecule has 0 fully saturated rings. The van der Waals surface area contributed by atoms with E-state index >= 15 is 0 Å². The number of aryl methyl sites for hydroxylation is 2. The van der Waals surface area contributed by atoms with Crippen LogP contribution in [-0.2, 0) is 11.4 Å². The van der Waals surface area contributed by atoms with Crippen LogP contribution in [0.2, 0.25) is 0 Å². The summed E-state index contributed by atoms with van der Waals surface area (Å²) in [5.74, 6) is 0.485. The number of aromatic nitrogens is 2. The van der Waals surface area contributed by atoms with Gasteiger partial charge < -0.3 is 0 Å². The van der Waals surface area contributed by atoms with Crippen molar-refractivity contribution in [1.29, 1.82) is 0 Å². The van der Waals surface area contributed by atoms with Gasteiger partial charge in [-0.1, -0.05) is 23.8 Å². The first kappa shape index (κ1) is 14.1. The van der Waals surface area contributed by atoms with E-state index in [0.717, 1.165) is 11.3 Å². The average molecular weight is 277 g/mol. The normalized spacial score (nSPS) is 11.9. The van der Waals surface area contributed by atoms with E-state index < -0.39 is 0 Å². The maximum atomic E-state index is 6.08. The Morgan fingerprint density at radius 2 is 1.89 bits per heavy atom. The Kier molecular flexibility index (Phi) is 3.73. The number of benzene rings is 1. The third kappa shape index (κ3) is 2.84. The van der Waals surface area contributed by atoms with Gasteiger partial charge in [-0.3, -0.25) is 4.68 Å². The number of halogens is 1. The lowest BCUT2D eigenvalue weighted by atomic mass is 10.0. The third-order valence-corrected chi connectivity index (χ3v) is 3.55. The van der Waals surface area contributed by atoms with Crippen molar-refractivity contribution in [3.8, 4) is 11.3 Å². The lowest BCUT2D eigenvalue weighted by Gasteiger charge is -2.19. The van der Waals surface area contributed by atoms with Crippen molar-refractivity contribution in [2.45, 2.75) is 46.0 Å². The Balaban J connectivity index is 2.58. The molecule has 0 aliphatic heterocycles. The molecule has 2 nitrogen and oxygen atoms in total. The first-order chi connectivity index (χ1) is 8.82. The second-order valence-electron chi connectivity index (χ2n) is 6.07. The summed E-state index contributed by atoms with van der Waals surface area (Å²) in [5.41, 5.74) is 5.74. The summed E-state index contributed by atoms with van der Waals surface area (Å²) in [6, 6.07) is 6.44. The van der Waals surface area contributed by atoms with E-state index in [1.54, 1.807) is 0 Å². The molecule has 0 radical (unpaired) electrons. The maximum Gasteiger partial charge on any atom is 0.0970 e. The number of nitrogens with zero attached hydrogens (tertiary/aromatic N) is 2. The molecule has 0 amide bonds. The van der Waals surface area contributed by atoms with Crippen LogP contribution in [0.15, 0.2) is 24.4 Å². The molecule has 0 bridgehead atoms. The smallest absolute Gasteiger partial charge is 0.0970 e. The molecule has 0 aliphatic carbocycles. The highest BCUT2D eigenvalue weighted by atomic mass is 35.5. The van der Waals surface area contributed by atoms with Crippen LogP contribution in [0.3, 0.4) is 0 Å². The van der Waals surface area contributed by atoms with Gasteiger partial charge in [0, 0.05) is 17.3 Å². The number of rotatable bonds is 2. The van der Waals surface area contributed by atoms with Crippen molar-refractivity contribution < 1.29 is 0 Å². The zero-order valence-electron chi connectivity index (χ0n) is 12.3. The Hall–Kier alpha value is -1.28. The third-order valence-electron chi connectivity index (χ3n) is 3.26. The highest BCUT2D eigenvalue weighted by molar-refractivity contribution is 6.17. The molecule has 0 saturated carbocycles. The van der Waals surface area contributed by atoms with E-state index in [1.165, 1.54) is 16.7 Å². The molecule has 1 aromatic carbocycles. The van der Waals surface area contributed by atoms with Crippen LogP contribution >= 0.6 is 11.6 Å². The van der Waals surface area contributed by atoms with E-state index in [0.29, 0.717) is 5.88 Å². The molecule has 19 heavy (non-hydrogen) atoms. The van der Waals surface area contributed by atoms with Crippen LogP contribution in [0.25, 0.3) is 11.3 Å². The molecule has 0 atom stereocenters. The standard InChI is InChI=1S/C16H21ClN2/c1-11-6-7-14(12(2)8-11)15-13(9-17)10-19(18-15)16(3,4)5/h6-8,10H,9H2,1-5H3. The fourth-order valence-corrected chi connectivity index (χ4v) is 2.35. The fraction of sp³-hybridized carbons (Fsp3) is 0.438. The van der Waals surface area contributed by atoms with E-state index in [-0.39, 0.29) is 5.54 Å². The van der Waals surface area contributed by atoms with Crippen molar-refractivity contribution in [3.63, 3.8) is 0 Å². The molecule has 2 aromatic rings. The summed E-state index contributed by atoms with van der Waals surface area (Å²) < 4.78 is 2.00. The largest absolute Gasteiger partial charge is 0.267 e. The molecular weight excluding hydrogens is 256 g/mol. The van der Waals surface area contributed by atoms with Gasteiger partial charge in [0.2, 0.25) is 0 Å².